The second kappa shape index (κ2) is 6.42. The number of nitrogens with zero attached hydrogens (tertiary/aromatic N) is 3. The molecule has 0 unspecified atom stereocenters. The van der Waals surface area contributed by atoms with Crippen molar-refractivity contribution < 1.29 is 0 Å². The zero-order valence-electron chi connectivity index (χ0n) is 13.0. The molecule has 1 aromatic heterocycles. The third-order valence-electron chi connectivity index (χ3n) is 3.94. The number of aromatic nitrogens is 3. The monoisotopic (exact) mass is 309 g/mol. The van der Waals surface area contributed by atoms with Crippen LogP contribution in [0.25, 0.3) is 33.6 Å². The lowest BCUT2D eigenvalue weighted by molar-refractivity contribution is 1.06. The Balaban J connectivity index is 1.92. The second-order valence-electron chi connectivity index (χ2n) is 5.45. The van der Waals surface area contributed by atoms with Crippen molar-refractivity contribution in [2.45, 2.75) is 0 Å². The van der Waals surface area contributed by atoms with Gasteiger partial charge in [-0.25, -0.2) is 15.0 Å². The molecule has 0 spiro atoms. The highest BCUT2D eigenvalue weighted by molar-refractivity contribution is 5.86. The zero-order chi connectivity index (χ0) is 16.2. The lowest BCUT2D eigenvalue weighted by Crippen LogP contribution is -1.91. The van der Waals surface area contributed by atoms with E-state index >= 15 is 0 Å². The normalized spacial score (nSPS) is 10.5. The van der Waals surface area contributed by atoms with Gasteiger partial charge in [0.15, 0.2) is 5.82 Å². The Hall–Kier alpha value is -3.33. The fourth-order valence-electron chi connectivity index (χ4n) is 2.80. The van der Waals surface area contributed by atoms with Crippen molar-refractivity contribution in [3.05, 3.63) is 91.5 Å². The highest BCUT2D eigenvalue weighted by atomic mass is 15.0. The number of benzene rings is 3. The molecule has 4 rings (SSSR count). The largest absolute Gasteiger partial charge is 0.225 e. The van der Waals surface area contributed by atoms with E-state index in [0.29, 0.717) is 5.82 Å². The molecule has 0 aliphatic carbocycles. The van der Waals surface area contributed by atoms with Gasteiger partial charge in [0.25, 0.3) is 0 Å². The Morgan fingerprint density at radius 1 is 0.500 bits per heavy atom. The minimum absolute atomic E-state index is 0.682. The lowest BCUT2D eigenvalue weighted by Gasteiger charge is -2.12. The first-order valence-corrected chi connectivity index (χ1v) is 7.79. The number of hydrogen-bond acceptors (Lipinski definition) is 3. The Morgan fingerprint density at radius 2 is 1.08 bits per heavy atom. The van der Waals surface area contributed by atoms with Crippen molar-refractivity contribution in [1.82, 2.24) is 15.0 Å². The summed E-state index contributed by atoms with van der Waals surface area (Å²) in [4.78, 5) is 12.4. The van der Waals surface area contributed by atoms with Crippen LogP contribution in [0.2, 0.25) is 0 Å². The van der Waals surface area contributed by atoms with Gasteiger partial charge in [-0.05, 0) is 28.3 Å². The van der Waals surface area contributed by atoms with Gasteiger partial charge in [-0.3, -0.25) is 0 Å². The van der Waals surface area contributed by atoms with E-state index in [1.54, 1.807) is 0 Å². The van der Waals surface area contributed by atoms with E-state index < -0.39 is 0 Å². The average Bonchev–Trinajstić information content (AvgIpc) is 2.69. The number of hydrogen-bond donors (Lipinski definition) is 0. The molecule has 0 atom stereocenters. The molecular formula is C21H15N3. The molecule has 0 aliphatic rings. The van der Waals surface area contributed by atoms with Crippen molar-refractivity contribution in [1.29, 1.82) is 0 Å². The molecule has 0 fully saturated rings. The van der Waals surface area contributed by atoms with Crippen LogP contribution in [-0.2, 0) is 0 Å². The predicted molar refractivity (Wildman–Crippen MR) is 96.1 cm³/mol. The molecule has 0 saturated heterocycles. The minimum atomic E-state index is 0.682. The maximum atomic E-state index is 4.26. The van der Waals surface area contributed by atoms with Gasteiger partial charge in [-0.2, -0.15) is 0 Å². The summed E-state index contributed by atoms with van der Waals surface area (Å²) in [5, 5.41) is 0. The molecule has 0 saturated carbocycles. The van der Waals surface area contributed by atoms with Crippen LogP contribution >= 0.6 is 0 Å². The summed E-state index contributed by atoms with van der Waals surface area (Å²) in [7, 11) is 0. The zero-order valence-corrected chi connectivity index (χ0v) is 13.0. The fraction of sp³-hybridized carbons (Fsp3) is 0. The van der Waals surface area contributed by atoms with E-state index in [1.807, 2.05) is 12.1 Å². The molecule has 1 heterocycles. The predicted octanol–water partition coefficient (Wildman–Crippen LogP) is 4.87. The van der Waals surface area contributed by atoms with Gasteiger partial charge < -0.3 is 0 Å². The van der Waals surface area contributed by atoms with Crippen LogP contribution in [0.1, 0.15) is 0 Å². The van der Waals surface area contributed by atoms with Crippen LogP contribution in [0.3, 0.4) is 0 Å². The molecule has 24 heavy (non-hydrogen) atoms. The SMILES string of the molecule is c1ccc(-c2ccc(-c3ncncn3)cc2-c2ccccc2)cc1. The highest BCUT2D eigenvalue weighted by Crippen LogP contribution is 2.34. The summed E-state index contributed by atoms with van der Waals surface area (Å²) in [6, 6.07) is 27.1. The number of rotatable bonds is 3. The van der Waals surface area contributed by atoms with Crippen molar-refractivity contribution in [3.63, 3.8) is 0 Å². The highest BCUT2D eigenvalue weighted by Gasteiger charge is 2.10. The first-order chi connectivity index (χ1) is 11.9. The second-order valence-corrected chi connectivity index (χ2v) is 5.45. The molecule has 4 aromatic rings. The molecule has 114 valence electrons. The maximum Gasteiger partial charge on any atom is 0.162 e. The van der Waals surface area contributed by atoms with Crippen molar-refractivity contribution in [2.75, 3.05) is 0 Å². The van der Waals surface area contributed by atoms with Crippen LogP contribution in [0.4, 0.5) is 0 Å². The topological polar surface area (TPSA) is 38.7 Å². The van der Waals surface area contributed by atoms with Gasteiger partial charge >= 0.3 is 0 Å². The molecule has 0 bridgehead atoms. The van der Waals surface area contributed by atoms with E-state index in [0.717, 1.165) is 5.56 Å². The van der Waals surface area contributed by atoms with Gasteiger partial charge in [0.2, 0.25) is 0 Å². The van der Waals surface area contributed by atoms with Crippen LogP contribution in [0, 0.1) is 0 Å². The van der Waals surface area contributed by atoms with E-state index in [1.165, 1.54) is 34.9 Å². The average molecular weight is 309 g/mol. The van der Waals surface area contributed by atoms with Gasteiger partial charge in [0, 0.05) is 5.56 Å². The minimum Gasteiger partial charge on any atom is -0.225 e. The van der Waals surface area contributed by atoms with Crippen LogP contribution in [-0.4, -0.2) is 15.0 Å². The molecule has 0 amide bonds. The van der Waals surface area contributed by atoms with E-state index in [-0.39, 0.29) is 0 Å². The van der Waals surface area contributed by atoms with Gasteiger partial charge in [-0.15, -0.1) is 0 Å². The maximum absolute atomic E-state index is 4.26. The van der Waals surface area contributed by atoms with Crippen molar-refractivity contribution >= 4 is 0 Å². The Kier molecular flexibility index (Phi) is 3.82. The van der Waals surface area contributed by atoms with Gasteiger partial charge in [-0.1, -0.05) is 72.8 Å². The third-order valence-corrected chi connectivity index (χ3v) is 3.94. The lowest BCUT2D eigenvalue weighted by atomic mass is 9.92. The van der Waals surface area contributed by atoms with Gasteiger partial charge in [0.1, 0.15) is 12.7 Å². The van der Waals surface area contributed by atoms with E-state index in [4.69, 9.17) is 0 Å². The summed E-state index contributed by atoms with van der Waals surface area (Å²) < 4.78 is 0. The molecule has 0 radical (unpaired) electrons. The Bertz CT molecular complexity index is 936. The first kappa shape index (κ1) is 14.3. The van der Waals surface area contributed by atoms with Crippen LogP contribution < -0.4 is 0 Å². The quantitative estimate of drug-likeness (QED) is 0.542. The Labute approximate surface area is 140 Å². The molecule has 3 heteroatoms. The molecular weight excluding hydrogens is 294 g/mol. The summed E-state index contributed by atoms with van der Waals surface area (Å²) >= 11 is 0. The van der Waals surface area contributed by atoms with Crippen molar-refractivity contribution in [2.24, 2.45) is 0 Å². The summed E-state index contributed by atoms with van der Waals surface area (Å²) in [5.41, 5.74) is 5.71. The molecule has 3 aromatic carbocycles. The van der Waals surface area contributed by atoms with Crippen LogP contribution in [0.15, 0.2) is 91.5 Å². The fourth-order valence-corrected chi connectivity index (χ4v) is 2.80. The smallest absolute Gasteiger partial charge is 0.162 e. The molecule has 3 nitrogen and oxygen atoms in total. The summed E-state index contributed by atoms with van der Waals surface area (Å²) in [6.45, 7) is 0. The Morgan fingerprint density at radius 3 is 1.71 bits per heavy atom. The summed E-state index contributed by atoms with van der Waals surface area (Å²) in [6.07, 6.45) is 3.05. The van der Waals surface area contributed by atoms with Crippen LogP contribution in [0.5, 0.6) is 0 Å². The summed E-state index contributed by atoms with van der Waals surface area (Å²) in [5.74, 6) is 0.682. The van der Waals surface area contributed by atoms with E-state index in [2.05, 4.69) is 81.7 Å². The van der Waals surface area contributed by atoms with Gasteiger partial charge in [0.05, 0.1) is 0 Å². The van der Waals surface area contributed by atoms with Crippen molar-refractivity contribution in [3.8, 4) is 33.6 Å². The van der Waals surface area contributed by atoms with E-state index in [9.17, 15) is 0 Å². The molecule has 0 N–H and O–H groups in total. The third kappa shape index (κ3) is 2.79. The first-order valence-electron chi connectivity index (χ1n) is 7.79. The molecule has 0 aliphatic heterocycles. The standard InChI is InChI=1S/C21H15N3/c1-3-7-16(8-4-1)19-12-11-18(21-23-14-22-15-24-21)13-20(19)17-9-5-2-6-10-17/h1-15H.